The third kappa shape index (κ3) is 3.64. The first-order valence-corrected chi connectivity index (χ1v) is 6.01. The molecule has 112 valence electrons. The highest BCUT2D eigenvalue weighted by Gasteiger charge is 2.36. The van der Waals surface area contributed by atoms with E-state index in [2.05, 4.69) is 10.6 Å². The monoisotopic (exact) mass is 308 g/mol. The first-order chi connectivity index (χ1) is 8.81. The Kier molecular flexibility index (Phi) is 5.05. The summed E-state index contributed by atoms with van der Waals surface area (Å²) in [6.45, 7) is 3.08. The zero-order valence-corrected chi connectivity index (χ0v) is 11.7. The molecular weight excluding hydrogens is 293 g/mol. The lowest BCUT2D eigenvalue weighted by molar-refractivity contribution is -0.137. The number of carbonyl (C=O) groups is 1. The lowest BCUT2D eigenvalue weighted by atomic mass is 9.88. The Hall–Kier alpha value is -1.27. The van der Waals surface area contributed by atoms with Gasteiger partial charge in [-0.25, -0.2) is 0 Å². The zero-order chi connectivity index (χ0) is 14.1. The van der Waals surface area contributed by atoms with Crippen LogP contribution in [-0.2, 0) is 11.0 Å². The summed E-state index contributed by atoms with van der Waals surface area (Å²) >= 11 is 0. The summed E-state index contributed by atoms with van der Waals surface area (Å²) in [5, 5.41) is 5.63. The highest BCUT2D eigenvalue weighted by atomic mass is 35.5. The van der Waals surface area contributed by atoms with Crippen molar-refractivity contribution < 1.29 is 18.0 Å². The maximum atomic E-state index is 12.6. The Labute approximate surface area is 121 Å². The molecule has 7 heteroatoms. The summed E-state index contributed by atoms with van der Waals surface area (Å²) in [5.74, 6) is -0.253. The summed E-state index contributed by atoms with van der Waals surface area (Å²) in [5.41, 5.74) is -1.15. The van der Waals surface area contributed by atoms with E-state index in [1.807, 2.05) is 0 Å². The van der Waals surface area contributed by atoms with Crippen LogP contribution in [0.25, 0.3) is 0 Å². The molecule has 20 heavy (non-hydrogen) atoms. The summed E-state index contributed by atoms with van der Waals surface area (Å²) in [4.78, 5) is 12.1. The van der Waals surface area contributed by atoms with E-state index in [0.29, 0.717) is 13.0 Å². The van der Waals surface area contributed by atoms with Crippen LogP contribution in [0.3, 0.4) is 0 Å². The molecule has 2 N–H and O–H groups in total. The number of benzene rings is 1. The molecule has 1 aliphatic heterocycles. The Morgan fingerprint density at radius 2 is 2.10 bits per heavy atom. The zero-order valence-electron chi connectivity index (χ0n) is 10.9. The predicted molar refractivity (Wildman–Crippen MR) is 72.9 cm³/mol. The van der Waals surface area contributed by atoms with Crippen LogP contribution in [0.15, 0.2) is 24.3 Å². The topological polar surface area (TPSA) is 41.1 Å². The van der Waals surface area contributed by atoms with Crippen LogP contribution in [0.2, 0.25) is 0 Å². The van der Waals surface area contributed by atoms with Gasteiger partial charge in [-0.05, 0) is 38.1 Å². The lowest BCUT2D eigenvalue weighted by Crippen LogP contribution is -2.35. The first-order valence-electron chi connectivity index (χ1n) is 6.01. The number of rotatable bonds is 2. The molecule has 3 nitrogen and oxygen atoms in total. The van der Waals surface area contributed by atoms with E-state index in [-0.39, 0.29) is 24.0 Å². The molecule has 0 aliphatic carbocycles. The smallest absolute Gasteiger partial charge is 0.326 e. The minimum atomic E-state index is -4.40. The van der Waals surface area contributed by atoms with Crippen molar-refractivity contribution in [2.24, 2.45) is 5.41 Å². The summed E-state index contributed by atoms with van der Waals surface area (Å²) in [7, 11) is 0. The normalized spacial score (nSPS) is 22.2. The SMILES string of the molecule is CC1(C(=O)Nc2cccc(C(F)(F)F)c2)CCNC1.Cl. The molecule has 1 amide bonds. The van der Waals surface area contributed by atoms with Gasteiger partial charge in [0, 0.05) is 12.2 Å². The Morgan fingerprint density at radius 3 is 2.65 bits per heavy atom. The fourth-order valence-electron chi connectivity index (χ4n) is 2.07. The number of alkyl halides is 3. The summed E-state index contributed by atoms with van der Waals surface area (Å²) < 4.78 is 37.7. The van der Waals surface area contributed by atoms with Gasteiger partial charge in [-0.3, -0.25) is 4.79 Å². The third-order valence-electron chi connectivity index (χ3n) is 3.36. The average molecular weight is 309 g/mol. The van der Waals surface area contributed by atoms with Crippen molar-refractivity contribution in [3.8, 4) is 0 Å². The molecule has 0 spiro atoms. The largest absolute Gasteiger partial charge is 0.416 e. The number of hydrogen-bond donors (Lipinski definition) is 2. The van der Waals surface area contributed by atoms with Crippen molar-refractivity contribution in [3.63, 3.8) is 0 Å². The molecule has 1 atom stereocenters. The molecule has 1 aromatic carbocycles. The van der Waals surface area contributed by atoms with Crippen LogP contribution in [0.1, 0.15) is 18.9 Å². The number of halogens is 4. The second kappa shape index (κ2) is 6.01. The van der Waals surface area contributed by atoms with Gasteiger partial charge in [0.05, 0.1) is 11.0 Å². The molecule has 1 fully saturated rings. The van der Waals surface area contributed by atoms with Gasteiger partial charge in [0.25, 0.3) is 0 Å². The fraction of sp³-hybridized carbons (Fsp3) is 0.462. The lowest BCUT2D eigenvalue weighted by Gasteiger charge is -2.21. The first kappa shape index (κ1) is 16.8. The quantitative estimate of drug-likeness (QED) is 0.881. The van der Waals surface area contributed by atoms with Crippen molar-refractivity contribution in [1.82, 2.24) is 5.32 Å². The second-order valence-electron chi connectivity index (χ2n) is 5.02. The molecule has 0 saturated carbocycles. The minimum Gasteiger partial charge on any atom is -0.326 e. The van der Waals surface area contributed by atoms with Gasteiger partial charge in [-0.2, -0.15) is 13.2 Å². The predicted octanol–water partition coefficient (Wildman–Crippen LogP) is 3.07. The van der Waals surface area contributed by atoms with E-state index >= 15 is 0 Å². The Morgan fingerprint density at radius 1 is 1.40 bits per heavy atom. The Balaban J connectivity index is 0.00000200. The number of nitrogens with one attached hydrogen (secondary N) is 2. The van der Waals surface area contributed by atoms with Crippen LogP contribution in [0.5, 0.6) is 0 Å². The van der Waals surface area contributed by atoms with Gasteiger partial charge >= 0.3 is 6.18 Å². The van der Waals surface area contributed by atoms with E-state index in [4.69, 9.17) is 0 Å². The van der Waals surface area contributed by atoms with E-state index in [0.717, 1.165) is 18.7 Å². The number of carbonyl (C=O) groups excluding carboxylic acids is 1. The van der Waals surface area contributed by atoms with Gasteiger partial charge in [0.15, 0.2) is 0 Å². The third-order valence-corrected chi connectivity index (χ3v) is 3.36. The van der Waals surface area contributed by atoms with Crippen molar-refractivity contribution in [2.75, 3.05) is 18.4 Å². The molecule has 2 rings (SSSR count). The second-order valence-corrected chi connectivity index (χ2v) is 5.02. The molecule has 1 saturated heterocycles. The highest BCUT2D eigenvalue weighted by molar-refractivity contribution is 5.95. The summed E-state index contributed by atoms with van der Waals surface area (Å²) in [6, 6.07) is 4.67. The Bertz CT molecular complexity index is 485. The van der Waals surface area contributed by atoms with Crippen LogP contribution >= 0.6 is 12.4 Å². The van der Waals surface area contributed by atoms with Crippen molar-refractivity contribution in [3.05, 3.63) is 29.8 Å². The molecule has 1 unspecified atom stereocenters. The van der Waals surface area contributed by atoms with Gasteiger partial charge < -0.3 is 10.6 Å². The van der Waals surface area contributed by atoms with Crippen molar-refractivity contribution in [1.29, 1.82) is 0 Å². The van der Waals surface area contributed by atoms with Crippen LogP contribution in [0, 0.1) is 5.41 Å². The minimum absolute atomic E-state index is 0. The van der Waals surface area contributed by atoms with Crippen LogP contribution in [-0.4, -0.2) is 19.0 Å². The maximum absolute atomic E-state index is 12.6. The number of amides is 1. The number of hydrogen-bond acceptors (Lipinski definition) is 2. The van der Waals surface area contributed by atoms with E-state index in [1.165, 1.54) is 12.1 Å². The highest BCUT2D eigenvalue weighted by Crippen LogP contribution is 2.31. The molecule has 1 heterocycles. The van der Waals surface area contributed by atoms with E-state index in [1.54, 1.807) is 6.92 Å². The maximum Gasteiger partial charge on any atom is 0.416 e. The molecule has 1 aromatic rings. The fourth-order valence-corrected chi connectivity index (χ4v) is 2.07. The molecule has 0 radical (unpaired) electrons. The standard InChI is InChI=1S/C13H15F3N2O.ClH/c1-12(5-6-17-8-12)11(19)18-10-4-2-3-9(7-10)13(14,15)16;/h2-4,7,17H,5-6,8H2,1H3,(H,18,19);1H. The van der Waals surface area contributed by atoms with Gasteiger partial charge in [-0.15, -0.1) is 12.4 Å². The van der Waals surface area contributed by atoms with E-state index < -0.39 is 17.2 Å². The molecular formula is C13H16ClF3N2O. The summed E-state index contributed by atoms with van der Waals surface area (Å²) in [6.07, 6.45) is -3.72. The van der Waals surface area contributed by atoms with Crippen LogP contribution in [0.4, 0.5) is 18.9 Å². The number of anilines is 1. The van der Waals surface area contributed by atoms with E-state index in [9.17, 15) is 18.0 Å². The van der Waals surface area contributed by atoms with Gasteiger partial charge in [0.2, 0.25) is 5.91 Å². The molecule has 0 aromatic heterocycles. The molecule has 1 aliphatic rings. The van der Waals surface area contributed by atoms with Crippen molar-refractivity contribution >= 4 is 24.0 Å². The average Bonchev–Trinajstić information content (AvgIpc) is 2.77. The van der Waals surface area contributed by atoms with Crippen molar-refractivity contribution in [2.45, 2.75) is 19.5 Å². The van der Waals surface area contributed by atoms with Gasteiger partial charge in [-0.1, -0.05) is 6.07 Å². The van der Waals surface area contributed by atoms with Crippen LogP contribution < -0.4 is 10.6 Å². The van der Waals surface area contributed by atoms with Gasteiger partial charge in [0.1, 0.15) is 0 Å². The molecule has 0 bridgehead atoms.